The third-order valence-corrected chi connectivity index (χ3v) is 2.23. The molecule has 0 rings (SSSR count). The Morgan fingerprint density at radius 3 is 2.50 bits per heavy atom. The number of amides is 1. The van der Waals surface area contributed by atoms with E-state index in [1.165, 1.54) is 0 Å². The fourth-order valence-electron chi connectivity index (χ4n) is 1.06. The standard InChI is InChI=1S/C11H22N2O3/c1-4-16-11(15)5-6-13-10(14)7-9(12)8(2)3/h8-9H,4-7,12H2,1-3H3,(H,13,14). The third-order valence-electron chi connectivity index (χ3n) is 2.23. The van der Waals surface area contributed by atoms with Gasteiger partial charge in [0.25, 0.3) is 0 Å². The first kappa shape index (κ1) is 14.9. The van der Waals surface area contributed by atoms with Crippen LogP contribution in [-0.2, 0) is 14.3 Å². The number of nitrogens with two attached hydrogens (primary N) is 1. The van der Waals surface area contributed by atoms with Crippen LogP contribution >= 0.6 is 0 Å². The summed E-state index contributed by atoms with van der Waals surface area (Å²) in [5.74, 6) is -0.141. The van der Waals surface area contributed by atoms with Crippen molar-refractivity contribution in [1.29, 1.82) is 0 Å². The van der Waals surface area contributed by atoms with Crippen molar-refractivity contribution in [2.24, 2.45) is 11.7 Å². The van der Waals surface area contributed by atoms with Crippen molar-refractivity contribution in [2.45, 2.75) is 39.7 Å². The first-order chi connectivity index (χ1) is 7.47. The average molecular weight is 230 g/mol. The number of esters is 1. The highest BCUT2D eigenvalue weighted by Gasteiger charge is 2.12. The smallest absolute Gasteiger partial charge is 0.307 e. The number of carbonyl (C=O) groups is 2. The van der Waals surface area contributed by atoms with E-state index in [0.29, 0.717) is 19.6 Å². The SMILES string of the molecule is CCOC(=O)CCNC(=O)CC(N)C(C)C. The van der Waals surface area contributed by atoms with E-state index >= 15 is 0 Å². The molecule has 1 unspecified atom stereocenters. The zero-order valence-corrected chi connectivity index (χ0v) is 10.3. The summed E-state index contributed by atoms with van der Waals surface area (Å²) in [5.41, 5.74) is 5.74. The Labute approximate surface area is 96.7 Å². The van der Waals surface area contributed by atoms with E-state index < -0.39 is 0 Å². The van der Waals surface area contributed by atoms with Crippen molar-refractivity contribution in [2.75, 3.05) is 13.2 Å². The average Bonchev–Trinajstić information content (AvgIpc) is 2.17. The van der Waals surface area contributed by atoms with Crippen LogP contribution in [0.15, 0.2) is 0 Å². The first-order valence-corrected chi connectivity index (χ1v) is 5.65. The molecule has 5 heteroatoms. The predicted molar refractivity (Wildman–Crippen MR) is 61.7 cm³/mol. The van der Waals surface area contributed by atoms with Gasteiger partial charge in [-0.1, -0.05) is 13.8 Å². The van der Waals surface area contributed by atoms with Crippen LogP contribution in [0.1, 0.15) is 33.6 Å². The minimum atomic E-state index is -0.295. The lowest BCUT2D eigenvalue weighted by Crippen LogP contribution is -2.35. The van der Waals surface area contributed by atoms with E-state index in [1.54, 1.807) is 6.92 Å². The van der Waals surface area contributed by atoms with Crippen LogP contribution in [0.3, 0.4) is 0 Å². The van der Waals surface area contributed by atoms with Crippen molar-refractivity contribution < 1.29 is 14.3 Å². The van der Waals surface area contributed by atoms with E-state index in [9.17, 15) is 9.59 Å². The largest absolute Gasteiger partial charge is 0.466 e. The second kappa shape index (κ2) is 8.10. The maximum atomic E-state index is 11.4. The molecule has 0 heterocycles. The van der Waals surface area contributed by atoms with Gasteiger partial charge in [-0.25, -0.2) is 0 Å². The van der Waals surface area contributed by atoms with Gasteiger partial charge in [0.1, 0.15) is 0 Å². The van der Waals surface area contributed by atoms with E-state index in [1.807, 2.05) is 13.8 Å². The van der Waals surface area contributed by atoms with E-state index in [4.69, 9.17) is 10.5 Å². The van der Waals surface area contributed by atoms with Crippen LogP contribution in [0, 0.1) is 5.92 Å². The van der Waals surface area contributed by atoms with Crippen LogP contribution < -0.4 is 11.1 Å². The number of hydrogen-bond donors (Lipinski definition) is 2. The molecule has 0 saturated heterocycles. The number of hydrogen-bond acceptors (Lipinski definition) is 4. The van der Waals surface area contributed by atoms with Gasteiger partial charge >= 0.3 is 5.97 Å². The van der Waals surface area contributed by atoms with Crippen molar-refractivity contribution in [3.05, 3.63) is 0 Å². The van der Waals surface area contributed by atoms with E-state index in [-0.39, 0.29) is 30.3 Å². The van der Waals surface area contributed by atoms with Crippen molar-refractivity contribution in [1.82, 2.24) is 5.32 Å². The molecule has 1 amide bonds. The molecule has 0 aromatic rings. The number of nitrogens with one attached hydrogen (secondary N) is 1. The molecule has 16 heavy (non-hydrogen) atoms. The lowest BCUT2D eigenvalue weighted by Gasteiger charge is -2.14. The molecule has 0 aliphatic heterocycles. The first-order valence-electron chi connectivity index (χ1n) is 5.65. The van der Waals surface area contributed by atoms with Crippen LogP contribution in [0.25, 0.3) is 0 Å². The molecule has 1 atom stereocenters. The molecule has 0 aromatic carbocycles. The summed E-state index contributed by atoms with van der Waals surface area (Å²) in [5, 5.41) is 2.64. The molecule has 0 fully saturated rings. The number of ether oxygens (including phenoxy) is 1. The second-order valence-corrected chi connectivity index (χ2v) is 4.02. The van der Waals surface area contributed by atoms with Crippen molar-refractivity contribution >= 4 is 11.9 Å². The minimum absolute atomic E-state index is 0.120. The van der Waals surface area contributed by atoms with Gasteiger partial charge in [-0.15, -0.1) is 0 Å². The van der Waals surface area contributed by atoms with Gasteiger partial charge in [-0.05, 0) is 12.8 Å². The summed E-state index contributed by atoms with van der Waals surface area (Å²) < 4.78 is 4.73. The molecule has 0 radical (unpaired) electrons. The Kier molecular flexibility index (Phi) is 7.54. The fraction of sp³-hybridized carbons (Fsp3) is 0.818. The molecule has 3 N–H and O–H groups in total. The number of rotatable bonds is 7. The highest BCUT2D eigenvalue weighted by Crippen LogP contribution is 2.02. The van der Waals surface area contributed by atoms with Crippen molar-refractivity contribution in [3.8, 4) is 0 Å². The second-order valence-electron chi connectivity index (χ2n) is 4.02. The molecule has 0 bridgehead atoms. The summed E-state index contributed by atoms with van der Waals surface area (Å²) in [6.07, 6.45) is 0.497. The highest BCUT2D eigenvalue weighted by molar-refractivity contribution is 5.77. The lowest BCUT2D eigenvalue weighted by atomic mass is 10.0. The summed E-state index contributed by atoms with van der Waals surface area (Å²) in [6.45, 7) is 6.36. The topological polar surface area (TPSA) is 81.4 Å². The molecule has 0 spiro atoms. The summed E-state index contributed by atoms with van der Waals surface area (Å²) >= 11 is 0. The van der Waals surface area contributed by atoms with E-state index in [0.717, 1.165) is 0 Å². The molecule has 0 aliphatic carbocycles. The molecule has 0 saturated carbocycles. The quantitative estimate of drug-likeness (QED) is 0.621. The molecular formula is C11H22N2O3. The van der Waals surface area contributed by atoms with Gasteiger partial charge in [0.2, 0.25) is 5.91 Å². The molecular weight excluding hydrogens is 208 g/mol. The van der Waals surface area contributed by atoms with Crippen LogP contribution in [-0.4, -0.2) is 31.1 Å². The van der Waals surface area contributed by atoms with Gasteiger partial charge in [0, 0.05) is 19.0 Å². The minimum Gasteiger partial charge on any atom is -0.466 e. The van der Waals surface area contributed by atoms with Gasteiger partial charge in [-0.2, -0.15) is 0 Å². The van der Waals surface area contributed by atoms with Gasteiger partial charge < -0.3 is 15.8 Å². The van der Waals surface area contributed by atoms with Gasteiger partial charge in [0.15, 0.2) is 0 Å². The number of carbonyl (C=O) groups excluding carboxylic acids is 2. The molecule has 5 nitrogen and oxygen atoms in total. The maximum absolute atomic E-state index is 11.4. The Morgan fingerprint density at radius 1 is 1.38 bits per heavy atom. The zero-order valence-electron chi connectivity index (χ0n) is 10.3. The Bertz CT molecular complexity index is 229. The zero-order chi connectivity index (χ0) is 12.6. The lowest BCUT2D eigenvalue weighted by molar-refractivity contribution is -0.143. The third kappa shape index (κ3) is 7.23. The highest BCUT2D eigenvalue weighted by atomic mass is 16.5. The van der Waals surface area contributed by atoms with Crippen molar-refractivity contribution in [3.63, 3.8) is 0 Å². The molecule has 0 aromatic heterocycles. The van der Waals surface area contributed by atoms with Crippen LogP contribution in [0.2, 0.25) is 0 Å². The fourth-order valence-corrected chi connectivity index (χ4v) is 1.06. The monoisotopic (exact) mass is 230 g/mol. The van der Waals surface area contributed by atoms with Crippen LogP contribution in [0.5, 0.6) is 0 Å². The molecule has 0 aliphatic rings. The normalized spacial score (nSPS) is 12.3. The Balaban J connectivity index is 3.62. The maximum Gasteiger partial charge on any atom is 0.307 e. The van der Waals surface area contributed by atoms with Crippen LogP contribution in [0.4, 0.5) is 0 Å². The Hall–Kier alpha value is -1.10. The summed E-state index contributed by atoms with van der Waals surface area (Å²) in [7, 11) is 0. The summed E-state index contributed by atoms with van der Waals surface area (Å²) in [4.78, 5) is 22.3. The molecule has 94 valence electrons. The van der Waals surface area contributed by atoms with Gasteiger partial charge in [-0.3, -0.25) is 9.59 Å². The van der Waals surface area contributed by atoms with E-state index in [2.05, 4.69) is 5.32 Å². The Morgan fingerprint density at radius 2 is 2.00 bits per heavy atom. The predicted octanol–water partition coefficient (Wildman–Crippen LogP) is 0.429. The van der Waals surface area contributed by atoms with Gasteiger partial charge in [0.05, 0.1) is 13.0 Å². The summed E-state index contributed by atoms with van der Waals surface area (Å²) in [6, 6.07) is -0.136.